The van der Waals surface area contributed by atoms with Crippen molar-refractivity contribution in [3.05, 3.63) is 23.8 Å². The average molecular weight is 430 g/mol. The molecule has 1 N–H and O–H groups in total. The molecule has 5 nitrogen and oxygen atoms in total. The van der Waals surface area contributed by atoms with E-state index in [4.69, 9.17) is 9.47 Å². The molecule has 5 heteroatoms. The van der Waals surface area contributed by atoms with Gasteiger partial charge >= 0.3 is 5.97 Å². The first-order valence-electron chi connectivity index (χ1n) is 12.1. The number of rotatable bonds is 6. The van der Waals surface area contributed by atoms with E-state index in [1.807, 2.05) is 20.8 Å². The molecular formula is C26H39NO4. The predicted molar refractivity (Wildman–Crippen MR) is 122 cm³/mol. The highest BCUT2D eigenvalue weighted by Gasteiger charge is 2.44. The van der Waals surface area contributed by atoms with Crippen molar-refractivity contribution in [3.63, 3.8) is 0 Å². The van der Waals surface area contributed by atoms with Crippen molar-refractivity contribution in [2.45, 2.75) is 71.1 Å². The number of benzene rings is 1. The summed E-state index contributed by atoms with van der Waals surface area (Å²) in [4.78, 5) is 14.1. The van der Waals surface area contributed by atoms with Crippen LogP contribution in [0.4, 0.5) is 0 Å². The summed E-state index contributed by atoms with van der Waals surface area (Å²) in [6, 6.07) is 6.35. The number of hydrogen-bond acceptors (Lipinski definition) is 4. The zero-order valence-electron chi connectivity index (χ0n) is 19.5. The van der Waals surface area contributed by atoms with Gasteiger partial charge in [0.2, 0.25) is 0 Å². The van der Waals surface area contributed by atoms with Crippen LogP contribution in [0.3, 0.4) is 0 Å². The fraction of sp³-hybridized carbons (Fsp3) is 0.731. The fourth-order valence-electron chi connectivity index (χ4n) is 5.56. The van der Waals surface area contributed by atoms with Crippen LogP contribution in [0.5, 0.6) is 11.5 Å². The molecule has 2 fully saturated rings. The molecule has 0 radical (unpaired) electrons. The Morgan fingerprint density at radius 1 is 1.23 bits per heavy atom. The molecule has 0 aromatic heterocycles. The number of ether oxygens (including phenoxy) is 2. The summed E-state index contributed by atoms with van der Waals surface area (Å²) in [7, 11) is 0. The van der Waals surface area contributed by atoms with Crippen molar-refractivity contribution >= 4 is 5.97 Å². The summed E-state index contributed by atoms with van der Waals surface area (Å²) in [6.07, 6.45) is 8.63. The van der Waals surface area contributed by atoms with Gasteiger partial charge in [-0.25, -0.2) is 0 Å². The summed E-state index contributed by atoms with van der Waals surface area (Å²) in [6.45, 7) is 10.1. The zero-order chi connectivity index (χ0) is 22.1. The predicted octanol–water partition coefficient (Wildman–Crippen LogP) is 5.12. The number of carboxylic acids is 1. The summed E-state index contributed by atoms with van der Waals surface area (Å²) < 4.78 is 12.3. The SMILES string of the molecule is CC(C)(C)C(CN1CCC2(CC1)COc1ccc(OCC3CCCCC3)cc12)C(=O)O. The third-order valence-electron chi connectivity index (χ3n) is 7.83. The van der Waals surface area contributed by atoms with Gasteiger partial charge in [-0.3, -0.25) is 4.79 Å². The topological polar surface area (TPSA) is 59.0 Å². The molecule has 4 rings (SSSR count). The van der Waals surface area contributed by atoms with Crippen LogP contribution in [0.25, 0.3) is 0 Å². The highest BCUT2D eigenvalue weighted by atomic mass is 16.5. The van der Waals surface area contributed by atoms with E-state index in [9.17, 15) is 9.90 Å². The molecule has 2 aliphatic heterocycles. The van der Waals surface area contributed by atoms with Gasteiger partial charge < -0.3 is 19.5 Å². The maximum Gasteiger partial charge on any atom is 0.308 e. The third-order valence-corrected chi connectivity index (χ3v) is 7.83. The van der Waals surface area contributed by atoms with E-state index in [1.54, 1.807) is 0 Å². The second-order valence-electron chi connectivity index (χ2n) is 11.1. The number of aliphatic carboxylic acids is 1. The van der Waals surface area contributed by atoms with E-state index in [2.05, 4.69) is 23.1 Å². The number of piperidine rings is 1. The molecule has 1 aromatic carbocycles. The molecule has 0 bridgehead atoms. The number of fused-ring (bicyclic) bond motifs is 2. The first-order valence-corrected chi connectivity index (χ1v) is 12.1. The van der Waals surface area contributed by atoms with E-state index < -0.39 is 5.97 Å². The summed E-state index contributed by atoms with van der Waals surface area (Å²) in [5.74, 6) is 1.61. The molecule has 1 atom stereocenters. The molecule has 2 heterocycles. The van der Waals surface area contributed by atoms with Gasteiger partial charge in [-0.1, -0.05) is 40.0 Å². The Kier molecular flexibility index (Phi) is 6.52. The molecule has 1 spiro atoms. The molecule has 31 heavy (non-hydrogen) atoms. The maximum absolute atomic E-state index is 11.8. The molecule has 1 aliphatic carbocycles. The van der Waals surface area contributed by atoms with E-state index in [0.29, 0.717) is 12.5 Å². The smallest absolute Gasteiger partial charge is 0.308 e. The van der Waals surface area contributed by atoms with Crippen molar-refractivity contribution in [3.8, 4) is 11.5 Å². The van der Waals surface area contributed by atoms with Gasteiger partial charge in [-0.15, -0.1) is 0 Å². The molecule has 1 unspecified atom stereocenters. The standard InChI is InChI=1S/C26H39NO4/c1-25(2,3)22(24(28)29)16-27-13-11-26(12-14-27)18-31-23-10-9-20(15-21(23)26)30-17-19-7-5-4-6-8-19/h9-10,15,19,22H,4-8,11-14,16-18H2,1-3H3,(H,28,29). The molecule has 1 saturated carbocycles. The lowest BCUT2D eigenvalue weighted by Crippen LogP contribution is -2.47. The van der Waals surface area contributed by atoms with Gasteiger partial charge in [0, 0.05) is 17.5 Å². The van der Waals surface area contributed by atoms with Crippen molar-refractivity contribution in [2.24, 2.45) is 17.3 Å². The number of hydrogen-bond donors (Lipinski definition) is 1. The Morgan fingerprint density at radius 3 is 2.58 bits per heavy atom. The number of likely N-dealkylation sites (tertiary alicyclic amines) is 1. The van der Waals surface area contributed by atoms with Gasteiger partial charge in [-0.2, -0.15) is 0 Å². The normalized spacial score (nSPS) is 22.7. The van der Waals surface area contributed by atoms with E-state index in [0.717, 1.165) is 50.6 Å². The molecule has 0 amide bonds. The maximum atomic E-state index is 11.8. The minimum atomic E-state index is -0.693. The quantitative estimate of drug-likeness (QED) is 0.680. The van der Waals surface area contributed by atoms with Crippen molar-refractivity contribution in [1.29, 1.82) is 0 Å². The molecule has 1 saturated heterocycles. The highest BCUT2D eigenvalue weighted by Crippen LogP contribution is 2.47. The Morgan fingerprint density at radius 2 is 1.94 bits per heavy atom. The van der Waals surface area contributed by atoms with Crippen molar-refractivity contribution in [2.75, 3.05) is 32.8 Å². The first kappa shape index (κ1) is 22.4. The number of carbonyl (C=O) groups is 1. The number of nitrogens with zero attached hydrogens (tertiary/aromatic N) is 1. The third kappa shape index (κ3) is 5.02. The zero-order valence-corrected chi connectivity index (χ0v) is 19.5. The Hall–Kier alpha value is -1.75. The summed E-state index contributed by atoms with van der Waals surface area (Å²) in [5, 5.41) is 9.69. The second kappa shape index (κ2) is 9.01. The lowest BCUT2D eigenvalue weighted by Gasteiger charge is -2.41. The summed E-state index contributed by atoms with van der Waals surface area (Å²) >= 11 is 0. The molecule has 1 aromatic rings. The molecule has 172 valence electrons. The van der Waals surface area contributed by atoms with Gasteiger partial charge in [0.15, 0.2) is 0 Å². The summed E-state index contributed by atoms with van der Waals surface area (Å²) in [5.41, 5.74) is 1.09. The van der Waals surface area contributed by atoms with Crippen LogP contribution in [0.2, 0.25) is 0 Å². The first-order chi connectivity index (χ1) is 14.8. The number of carboxylic acid groups (broad SMARTS) is 1. The van der Waals surface area contributed by atoms with Crippen LogP contribution < -0.4 is 9.47 Å². The van der Waals surface area contributed by atoms with Crippen LogP contribution in [-0.2, 0) is 10.2 Å². The monoisotopic (exact) mass is 429 g/mol. The van der Waals surface area contributed by atoms with Gasteiger partial charge in [-0.05, 0) is 68.3 Å². The van der Waals surface area contributed by atoms with E-state index in [1.165, 1.54) is 37.7 Å². The second-order valence-corrected chi connectivity index (χ2v) is 11.1. The van der Waals surface area contributed by atoms with Crippen LogP contribution in [0, 0.1) is 17.3 Å². The highest BCUT2D eigenvalue weighted by molar-refractivity contribution is 5.71. The lowest BCUT2D eigenvalue weighted by atomic mass is 9.73. The Balaban J connectivity index is 1.39. The average Bonchev–Trinajstić information content (AvgIpc) is 3.09. The van der Waals surface area contributed by atoms with Crippen molar-refractivity contribution < 1.29 is 19.4 Å². The van der Waals surface area contributed by atoms with Crippen LogP contribution in [0.1, 0.15) is 71.3 Å². The van der Waals surface area contributed by atoms with Gasteiger partial charge in [0.1, 0.15) is 11.5 Å². The van der Waals surface area contributed by atoms with E-state index in [-0.39, 0.29) is 16.7 Å². The van der Waals surface area contributed by atoms with Gasteiger partial charge in [0.25, 0.3) is 0 Å². The van der Waals surface area contributed by atoms with Gasteiger partial charge in [0.05, 0.1) is 19.1 Å². The van der Waals surface area contributed by atoms with Crippen LogP contribution in [-0.4, -0.2) is 48.8 Å². The minimum Gasteiger partial charge on any atom is -0.493 e. The Bertz CT molecular complexity index is 770. The van der Waals surface area contributed by atoms with Crippen molar-refractivity contribution in [1.82, 2.24) is 4.90 Å². The molecular weight excluding hydrogens is 390 g/mol. The molecule has 3 aliphatic rings. The van der Waals surface area contributed by atoms with Crippen LogP contribution in [0.15, 0.2) is 18.2 Å². The lowest BCUT2D eigenvalue weighted by molar-refractivity contribution is -0.146. The van der Waals surface area contributed by atoms with E-state index >= 15 is 0 Å². The Labute approximate surface area is 187 Å². The fourth-order valence-corrected chi connectivity index (χ4v) is 5.56. The largest absolute Gasteiger partial charge is 0.493 e. The van der Waals surface area contributed by atoms with Crippen LogP contribution >= 0.6 is 0 Å². The minimum absolute atomic E-state index is 0.0382.